The average Bonchev–Trinajstić information content (AvgIpc) is 3.39. The predicted molar refractivity (Wildman–Crippen MR) is 163 cm³/mol. The number of para-hydroxylation sites is 2. The van der Waals surface area contributed by atoms with Crippen LogP contribution >= 0.6 is 15.6 Å². The molecule has 1 fully saturated rings. The van der Waals surface area contributed by atoms with Crippen LogP contribution in [-0.4, -0.2) is 46.8 Å². The van der Waals surface area contributed by atoms with Gasteiger partial charge in [0.2, 0.25) is 0 Å². The van der Waals surface area contributed by atoms with Crippen molar-refractivity contribution in [3.8, 4) is 11.5 Å². The van der Waals surface area contributed by atoms with Crippen LogP contribution < -0.4 is 30.5 Å². The number of aromatic amines is 1. The number of hydrogen-bond acceptors (Lipinski definition) is 16. The van der Waals surface area contributed by atoms with Crippen molar-refractivity contribution in [3.05, 3.63) is 130 Å². The van der Waals surface area contributed by atoms with Crippen LogP contribution in [0.4, 0.5) is 9.59 Å². The molecule has 1 aliphatic rings. The highest BCUT2D eigenvalue weighted by molar-refractivity contribution is 7.59. The standard InChI is InChI=1S/C30H28N2O16P2/c33-24-16-17-32(28(34)31-24)27-26(47-30(36)44-22-14-8-3-9-15-22)25(46-29(35)43-21-12-6-2-7-13-21)23(45-27)19-42-50(39,40)48-49(37,38)41-18-20-10-4-1-5-11-20/h1-17,23,25-27H,18-19H2,(H,37,38)(H,39,40)(H,31,33,34)/p-2/t23-,25+,26?,27-/m1/s1. The summed E-state index contributed by atoms with van der Waals surface area (Å²) in [6, 6.07) is 24.0. The first-order chi connectivity index (χ1) is 23.9. The van der Waals surface area contributed by atoms with Gasteiger partial charge in [-0.2, -0.15) is 0 Å². The predicted octanol–water partition coefficient (Wildman–Crippen LogP) is 2.79. The average molecular weight is 732 g/mol. The number of carbonyl (C=O) groups excluding carboxylic acids is 2. The zero-order valence-electron chi connectivity index (χ0n) is 25.4. The number of H-pyrrole nitrogens is 1. The first kappa shape index (κ1) is 36.4. The third kappa shape index (κ3) is 10.3. The van der Waals surface area contributed by atoms with E-state index >= 15 is 0 Å². The quantitative estimate of drug-likeness (QED) is 0.118. The Kier molecular flexibility index (Phi) is 11.8. The maximum atomic E-state index is 12.9. The van der Waals surface area contributed by atoms with Gasteiger partial charge in [-0.1, -0.05) is 66.7 Å². The number of carbonyl (C=O) groups is 2. The lowest BCUT2D eigenvalue weighted by molar-refractivity contribution is -0.246. The Balaban J connectivity index is 1.39. The number of phosphoric ester groups is 2. The summed E-state index contributed by atoms with van der Waals surface area (Å²) in [5, 5.41) is 0. The number of aromatic nitrogens is 2. The number of phosphoric acid groups is 2. The van der Waals surface area contributed by atoms with Crippen molar-refractivity contribution in [1.82, 2.24) is 9.55 Å². The van der Waals surface area contributed by atoms with E-state index in [-0.39, 0.29) is 11.5 Å². The van der Waals surface area contributed by atoms with Crippen LogP contribution in [0.25, 0.3) is 0 Å². The van der Waals surface area contributed by atoms with Crippen molar-refractivity contribution in [2.75, 3.05) is 6.61 Å². The fourth-order valence-corrected chi connectivity index (χ4v) is 6.46. The van der Waals surface area contributed by atoms with Gasteiger partial charge in [0.05, 0.1) is 13.2 Å². The van der Waals surface area contributed by atoms with E-state index in [1.807, 2.05) is 4.98 Å². The number of nitrogens with one attached hydrogen (secondary N) is 1. The molecule has 20 heteroatoms. The molecule has 1 N–H and O–H groups in total. The Hall–Kier alpha value is -4.90. The summed E-state index contributed by atoms with van der Waals surface area (Å²) >= 11 is 0. The first-order valence-corrected chi connectivity index (χ1v) is 17.3. The maximum Gasteiger partial charge on any atom is 0.514 e. The van der Waals surface area contributed by atoms with Crippen LogP contribution in [0, 0.1) is 0 Å². The number of nitrogens with zero attached hydrogens (tertiary/aromatic N) is 1. The lowest BCUT2D eigenvalue weighted by Gasteiger charge is -2.31. The second-order valence-corrected chi connectivity index (χ2v) is 13.1. The van der Waals surface area contributed by atoms with Gasteiger partial charge < -0.3 is 42.5 Å². The second kappa shape index (κ2) is 16.2. The molecule has 50 heavy (non-hydrogen) atoms. The van der Waals surface area contributed by atoms with Crippen molar-refractivity contribution in [3.63, 3.8) is 0 Å². The van der Waals surface area contributed by atoms with E-state index in [9.17, 15) is 38.1 Å². The normalized spacial score (nSPS) is 20.9. The minimum Gasteiger partial charge on any atom is -0.756 e. The molecule has 1 aliphatic heterocycles. The minimum atomic E-state index is -5.75. The zero-order chi connectivity index (χ0) is 35.7. The Morgan fingerprint density at radius 3 is 1.82 bits per heavy atom. The van der Waals surface area contributed by atoms with Crippen LogP contribution in [0.15, 0.2) is 113 Å². The van der Waals surface area contributed by atoms with Crippen molar-refractivity contribution < 1.29 is 65.5 Å². The molecule has 1 aromatic heterocycles. The van der Waals surface area contributed by atoms with Crippen molar-refractivity contribution in [1.29, 1.82) is 0 Å². The van der Waals surface area contributed by atoms with Gasteiger partial charge in [0.1, 0.15) is 17.6 Å². The summed E-state index contributed by atoms with van der Waals surface area (Å²) in [4.78, 5) is 77.3. The zero-order valence-corrected chi connectivity index (χ0v) is 27.2. The van der Waals surface area contributed by atoms with Crippen LogP contribution in [0.1, 0.15) is 11.8 Å². The van der Waals surface area contributed by atoms with E-state index in [1.54, 1.807) is 54.6 Å². The highest BCUT2D eigenvalue weighted by Crippen LogP contribution is 2.56. The third-order valence-electron chi connectivity index (χ3n) is 6.59. The smallest absolute Gasteiger partial charge is 0.514 e. The van der Waals surface area contributed by atoms with Crippen molar-refractivity contribution in [2.45, 2.75) is 31.1 Å². The Morgan fingerprint density at radius 2 is 1.26 bits per heavy atom. The molecule has 0 spiro atoms. The van der Waals surface area contributed by atoms with E-state index in [0.29, 0.717) is 5.56 Å². The summed E-state index contributed by atoms with van der Waals surface area (Å²) < 4.78 is 66.2. The molecule has 4 aromatic rings. The Bertz CT molecular complexity index is 1980. The summed E-state index contributed by atoms with van der Waals surface area (Å²) in [7, 11) is -11.3. The summed E-state index contributed by atoms with van der Waals surface area (Å²) in [6.07, 6.45) is -8.90. The number of ether oxygens (including phenoxy) is 5. The third-order valence-corrected chi connectivity index (χ3v) is 9.10. The van der Waals surface area contributed by atoms with E-state index in [4.69, 9.17) is 28.2 Å². The van der Waals surface area contributed by atoms with Gasteiger partial charge in [-0.05, 0) is 29.8 Å². The minimum absolute atomic E-state index is 0.0257. The SMILES string of the molecule is O=C(Oc1ccccc1)OC1[C@@H](OC(=O)Oc2ccccc2)[C@@H](COP(=O)([O-])OP(=O)([O-])OCc2ccccc2)O[C@H]1n1ccc(=O)[nH]c1=O. The molecule has 0 saturated carbocycles. The molecular formula is C30H26N2O16P2-2. The monoisotopic (exact) mass is 732 g/mol. The van der Waals surface area contributed by atoms with Gasteiger partial charge in [-0.3, -0.25) is 23.5 Å². The molecule has 0 radical (unpaired) electrons. The molecule has 0 amide bonds. The fourth-order valence-electron chi connectivity index (χ4n) is 4.46. The molecule has 0 aliphatic carbocycles. The molecular weight excluding hydrogens is 706 g/mol. The molecule has 0 bridgehead atoms. The van der Waals surface area contributed by atoms with Crippen molar-refractivity contribution >= 4 is 28.0 Å². The van der Waals surface area contributed by atoms with Gasteiger partial charge >= 0.3 is 18.0 Å². The number of rotatable bonds is 13. The van der Waals surface area contributed by atoms with Gasteiger partial charge in [-0.25, -0.2) is 18.7 Å². The van der Waals surface area contributed by atoms with Crippen LogP contribution in [0.5, 0.6) is 11.5 Å². The molecule has 1 saturated heterocycles. The van der Waals surface area contributed by atoms with Gasteiger partial charge in [0.15, 0.2) is 18.4 Å². The first-order valence-electron chi connectivity index (χ1n) is 14.4. The summed E-state index contributed by atoms with van der Waals surface area (Å²) in [5.74, 6) is 0.0636. The number of hydrogen-bond donors (Lipinski definition) is 1. The highest BCUT2D eigenvalue weighted by atomic mass is 31.3. The summed E-state index contributed by atoms with van der Waals surface area (Å²) in [5.41, 5.74) is -1.48. The van der Waals surface area contributed by atoms with Crippen LogP contribution in [-0.2, 0) is 43.3 Å². The van der Waals surface area contributed by atoms with Gasteiger partial charge in [0, 0.05) is 12.3 Å². The molecule has 6 atom stereocenters. The Labute approximate surface area is 281 Å². The fraction of sp³-hybridized carbons (Fsp3) is 0.200. The number of benzene rings is 3. The molecule has 264 valence electrons. The largest absolute Gasteiger partial charge is 0.756 e. The van der Waals surface area contributed by atoms with Crippen LogP contribution in [0.3, 0.4) is 0 Å². The van der Waals surface area contributed by atoms with E-state index in [0.717, 1.165) is 16.8 Å². The molecule has 18 nitrogen and oxygen atoms in total. The van der Waals surface area contributed by atoms with Gasteiger partial charge in [-0.15, -0.1) is 0 Å². The van der Waals surface area contributed by atoms with E-state index < -0.39 is 77.0 Å². The summed E-state index contributed by atoms with van der Waals surface area (Å²) in [6.45, 7) is -1.69. The maximum absolute atomic E-state index is 12.9. The Morgan fingerprint density at radius 1 is 0.740 bits per heavy atom. The second-order valence-electron chi connectivity index (χ2n) is 10.1. The van der Waals surface area contributed by atoms with E-state index in [1.165, 1.54) is 36.4 Å². The molecule has 3 unspecified atom stereocenters. The van der Waals surface area contributed by atoms with Crippen LogP contribution in [0.2, 0.25) is 0 Å². The highest BCUT2D eigenvalue weighted by Gasteiger charge is 2.52. The van der Waals surface area contributed by atoms with Gasteiger partial charge in [0.25, 0.3) is 21.2 Å². The van der Waals surface area contributed by atoms with Crippen molar-refractivity contribution in [2.24, 2.45) is 0 Å². The van der Waals surface area contributed by atoms with E-state index in [2.05, 4.69) is 8.83 Å². The molecule has 5 rings (SSSR count). The topological polar surface area (TPSA) is 243 Å². The molecule has 2 heterocycles. The molecule has 3 aromatic carbocycles. The lowest BCUT2D eigenvalue weighted by Crippen LogP contribution is -2.43. The lowest BCUT2D eigenvalue weighted by atomic mass is 10.1.